The molecule has 2 aromatic carbocycles. The predicted octanol–water partition coefficient (Wildman–Crippen LogP) is 5.56. The van der Waals surface area contributed by atoms with E-state index < -0.39 is 0 Å². The Labute approximate surface area is 175 Å². The topological polar surface area (TPSA) is 36.4 Å². The Balaban J connectivity index is 2.02. The fourth-order valence-corrected chi connectivity index (χ4v) is 4.44. The van der Waals surface area contributed by atoms with Crippen molar-refractivity contribution in [1.29, 1.82) is 0 Å². The molecule has 0 aliphatic rings. The highest BCUT2D eigenvalue weighted by atomic mass is 35.5. The molecule has 0 aliphatic carbocycles. The zero-order valence-corrected chi connectivity index (χ0v) is 18.4. The Kier molecular flexibility index (Phi) is 6.70. The van der Waals surface area contributed by atoms with Crippen LogP contribution in [0.2, 0.25) is 5.02 Å². The fourth-order valence-electron chi connectivity index (χ4n) is 3.18. The van der Waals surface area contributed by atoms with E-state index in [2.05, 4.69) is 44.7 Å². The van der Waals surface area contributed by atoms with Crippen molar-refractivity contribution in [2.24, 2.45) is 0 Å². The van der Waals surface area contributed by atoms with Crippen LogP contribution in [0.4, 0.5) is 5.13 Å². The maximum atomic E-state index is 13.4. The van der Waals surface area contributed by atoms with E-state index in [1.807, 2.05) is 12.1 Å². The van der Waals surface area contributed by atoms with Gasteiger partial charge in [-0.15, -0.1) is 0 Å². The number of benzene rings is 2. The van der Waals surface area contributed by atoms with E-state index in [0.717, 1.165) is 40.5 Å². The number of hydrogen-bond acceptors (Lipinski definition) is 4. The first-order valence-electron chi connectivity index (χ1n) is 9.61. The van der Waals surface area contributed by atoms with Gasteiger partial charge in [-0.25, -0.2) is 4.98 Å². The van der Waals surface area contributed by atoms with E-state index in [9.17, 15) is 4.79 Å². The normalized spacial score (nSPS) is 11.4. The third kappa shape index (κ3) is 4.22. The highest BCUT2D eigenvalue weighted by Crippen LogP contribution is 2.33. The second-order valence-electron chi connectivity index (χ2n) is 6.81. The molecular formula is C22H26ClN3OS. The second kappa shape index (κ2) is 9.03. The highest BCUT2D eigenvalue weighted by molar-refractivity contribution is 7.22. The molecule has 6 heteroatoms. The number of aryl methyl sites for hydroxylation is 2. The molecule has 1 aromatic heterocycles. The van der Waals surface area contributed by atoms with Crippen molar-refractivity contribution in [2.45, 2.75) is 27.7 Å². The van der Waals surface area contributed by atoms with Gasteiger partial charge in [0.1, 0.15) is 0 Å². The van der Waals surface area contributed by atoms with Crippen LogP contribution in [0.25, 0.3) is 10.2 Å². The van der Waals surface area contributed by atoms with Gasteiger partial charge in [-0.2, -0.15) is 0 Å². The molecule has 28 heavy (non-hydrogen) atoms. The number of rotatable bonds is 7. The van der Waals surface area contributed by atoms with E-state index in [-0.39, 0.29) is 5.91 Å². The van der Waals surface area contributed by atoms with Gasteiger partial charge in [-0.05, 0) is 56.3 Å². The van der Waals surface area contributed by atoms with Crippen molar-refractivity contribution in [2.75, 3.05) is 31.1 Å². The van der Waals surface area contributed by atoms with Crippen LogP contribution in [0.15, 0.2) is 36.4 Å². The zero-order chi connectivity index (χ0) is 20.3. The lowest BCUT2D eigenvalue weighted by Crippen LogP contribution is -2.39. The molecule has 0 bridgehead atoms. The number of likely N-dealkylation sites (N-methyl/N-ethyl adjacent to an activating group) is 1. The number of thiazole rings is 1. The number of anilines is 1. The smallest absolute Gasteiger partial charge is 0.261 e. The molecule has 0 saturated carbocycles. The summed E-state index contributed by atoms with van der Waals surface area (Å²) in [5, 5.41) is 1.19. The first-order valence-corrected chi connectivity index (χ1v) is 10.8. The van der Waals surface area contributed by atoms with Crippen LogP contribution in [0.5, 0.6) is 0 Å². The number of carbonyl (C=O) groups excluding carboxylic acids is 1. The van der Waals surface area contributed by atoms with Crippen molar-refractivity contribution in [3.8, 4) is 0 Å². The number of hydrogen-bond donors (Lipinski definition) is 0. The van der Waals surface area contributed by atoms with Crippen LogP contribution in [0.3, 0.4) is 0 Å². The van der Waals surface area contributed by atoms with Crippen molar-refractivity contribution in [1.82, 2.24) is 9.88 Å². The molecule has 3 aromatic rings. The SMILES string of the molecule is CCN(CC)CCN(C(=O)c1ccccc1Cl)c1nc2c(C)c(C)ccc2s1. The minimum atomic E-state index is -0.105. The molecule has 0 spiro atoms. The van der Waals surface area contributed by atoms with Gasteiger partial charge in [0.25, 0.3) is 5.91 Å². The van der Waals surface area contributed by atoms with E-state index >= 15 is 0 Å². The van der Waals surface area contributed by atoms with Crippen molar-refractivity contribution < 1.29 is 4.79 Å². The molecule has 1 heterocycles. The largest absolute Gasteiger partial charge is 0.302 e. The van der Waals surface area contributed by atoms with Gasteiger partial charge in [0.2, 0.25) is 0 Å². The molecule has 0 saturated heterocycles. The van der Waals surface area contributed by atoms with Gasteiger partial charge in [0, 0.05) is 13.1 Å². The van der Waals surface area contributed by atoms with Gasteiger partial charge in [-0.1, -0.05) is 55.0 Å². The number of halogens is 1. The van der Waals surface area contributed by atoms with Gasteiger partial charge in [0.15, 0.2) is 5.13 Å². The van der Waals surface area contributed by atoms with Crippen LogP contribution in [-0.2, 0) is 0 Å². The lowest BCUT2D eigenvalue weighted by Gasteiger charge is -2.25. The first kappa shape index (κ1) is 20.8. The van der Waals surface area contributed by atoms with Crippen LogP contribution in [0, 0.1) is 13.8 Å². The summed E-state index contributed by atoms with van der Waals surface area (Å²) in [6, 6.07) is 11.4. The molecule has 0 N–H and O–H groups in total. The van der Waals surface area contributed by atoms with Crippen LogP contribution < -0.4 is 4.90 Å². The number of fused-ring (bicyclic) bond motifs is 1. The Morgan fingerprint density at radius 1 is 1.07 bits per heavy atom. The zero-order valence-electron chi connectivity index (χ0n) is 16.8. The van der Waals surface area contributed by atoms with Gasteiger partial charge in [-0.3, -0.25) is 9.69 Å². The Hall–Kier alpha value is -1.95. The Morgan fingerprint density at radius 3 is 2.46 bits per heavy atom. The lowest BCUT2D eigenvalue weighted by molar-refractivity contribution is 0.0984. The number of amides is 1. The van der Waals surface area contributed by atoms with Gasteiger partial charge in [0.05, 0.1) is 20.8 Å². The Bertz CT molecular complexity index is 981. The number of aromatic nitrogens is 1. The number of nitrogens with zero attached hydrogens (tertiary/aromatic N) is 3. The molecule has 3 rings (SSSR count). The van der Waals surface area contributed by atoms with Crippen LogP contribution >= 0.6 is 22.9 Å². The second-order valence-corrected chi connectivity index (χ2v) is 8.23. The predicted molar refractivity (Wildman–Crippen MR) is 120 cm³/mol. The van der Waals surface area contributed by atoms with Gasteiger partial charge < -0.3 is 4.90 Å². The third-order valence-electron chi connectivity index (χ3n) is 5.19. The molecule has 0 aliphatic heterocycles. The highest BCUT2D eigenvalue weighted by Gasteiger charge is 2.24. The quantitative estimate of drug-likeness (QED) is 0.507. The van der Waals surface area contributed by atoms with Crippen molar-refractivity contribution in [3.63, 3.8) is 0 Å². The average molecular weight is 416 g/mol. The summed E-state index contributed by atoms with van der Waals surface area (Å²) in [6.45, 7) is 11.7. The van der Waals surface area contributed by atoms with Gasteiger partial charge >= 0.3 is 0 Å². The first-order chi connectivity index (χ1) is 13.5. The van der Waals surface area contributed by atoms with Crippen LogP contribution in [0.1, 0.15) is 35.3 Å². The minimum absolute atomic E-state index is 0.105. The summed E-state index contributed by atoms with van der Waals surface area (Å²) in [4.78, 5) is 22.3. The summed E-state index contributed by atoms with van der Waals surface area (Å²) in [5.74, 6) is -0.105. The molecule has 0 fully saturated rings. The Morgan fingerprint density at radius 2 is 1.79 bits per heavy atom. The van der Waals surface area contributed by atoms with E-state index in [4.69, 9.17) is 16.6 Å². The molecular weight excluding hydrogens is 390 g/mol. The van der Waals surface area contributed by atoms with E-state index in [1.165, 1.54) is 5.56 Å². The summed E-state index contributed by atoms with van der Waals surface area (Å²) < 4.78 is 1.10. The standard InChI is InChI=1S/C22H26ClN3OS/c1-5-25(6-2)13-14-26(21(27)17-9-7-8-10-18(17)23)22-24-20-16(4)15(3)11-12-19(20)28-22/h7-12H,5-6,13-14H2,1-4H3. The van der Waals surface area contributed by atoms with E-state index in [1.54, 1.807) is 28.4 Å². The maximum Gasteiger partial charge on any atom is 0.261 e. The average Bonchev–Trinajstić information content (AvgIpc) is 3.13. The molecule has 1 amide bonds. The fraction of sp³-hybridized carbons (Fsp3) is 0.364. The summed E-state index contributed by atoms with van der Waals surface area (Å²) in [7, 11) is 0. The minimum Gasteiger partial charge on any atom is -0.302 e. The molecule has 0 radical (unpaired) electrons. The summed E-state index contributed by atoms with van der Waals surface area (Å²) in [5.41, 5.74) is 3.85. The van der Waals surface area contributed by atoms with Crippen molar-refractivity contribution in [3.05, 3.63) is 58.1 Å². The lowest BCUT2D eigenvalue weighted by atomic mass is 10.1. The summed E-state index contributed by atoms with van der Waals surface area (Å²) >= 11 is 7.87. The third-order valence-corrected chi connectivity index (χ3v) is 6.56. The molecule has 4 nitrogen and oxygen atoms in total. The van der Waals surface area contributed by atoms with E-state index in [0.29, 0.717) is 17.1 Å². The van der Waals surface area contributed by atoms with Crippen molar-refractivity contribution >= 4 is 44.2 Å². The number of carbonyl (C=O) groups is 1. The molecule has 0 atom stereocenters. The molecule has 0 unspecified atom stereocenters. The summed E-state index contributed by atoms with van der Waals surface area (Å²) in [6.07, 6.45) is 0. The monoisotopic (exact) mass is 415 g/mol. The van der Waals surface area contributed by atoms with Crippen LogP contribution in [-0.4, -0.2) is 42.0 Å². The maximum absolute atomic E-state index is 13.4. The molecule has 148 valence electrons.